The minimum atomic E-state index is 0.296. The van der Waals surface area contributed by atoms with Gasteiger partial charge in [0.1, 0.15) is 0 Å². The number of aryl methyl sites for hydroxylation is 1. The van der Waals surface area contributed by atoms with Crippen LogP contribution in [0.3, 0.4) is 0 Å². The highest BCUT2D eigenvalue weighted by molar-refractivity contribution is 5.34. The maximum absolute atomic E-state index is 8.86. The number of hydrogen-bond donors (Lipinski definition) is 2. The Morgan fingerprint density at radius 1 is 1.44 bits per heavy atom. The second-order valence-corrected chi connectivity index (χ2v) is 4.82. The molecule has 1 aliphatic carbocycles. The lowest BCUT2D eigenvalue weighted by atomic mass is 10.1. The van der Waals surface area contributed by atoms with Crippen LogP contribution < -0.4 is 5.32 Å². The van der Waals surface area contributed by atoms with Gasteiger partial charge in [0.25, 0.3) is 0 Å². The third-order valence-electron chi connectivity index (χ3n) is 3.47. The molecule has 2 atom stereocenters. The molecule has 0 aromatic heterocycles. The lowest BCUT2D eigenvalue weighted by Crippen LogP contribution is -2.25. The van der Waals surface area contributed by atoms with Gasteiger partial charge in [0, 0.05) is 12.6 Å². The van der Waals surface area contributed by atoms with Crippen LogP contribution in [0.5, 0.6) is 0 Å². The van der Waals surface area contributed by atoms with E-state index in [1.807, 2.05) is 0 Å². The molecule has 0 saturated heterocycles. The van der Waals surface area contributed by atoms with Crippen molar-refractivity contribution in [1.29, 1.82) is 0 Å². The van der Waals surface area contributed by atoms with E-state index >= 15 is 0 Å². The Morgan fingerprint density at radius 2 is 2.25 bits per heavy atom. The first-order valence-electron chi connectivity index (χ1n) is 6.23. The fourth-order valence-corrected chi connectivity index (χ4v) is 2.44. The molecule has 16 heavy (non-hydrogen) atoms. The van der Waals surface area contributed by atoms with Crippen LogP contribution in [0.1, 0.15) is 36.9 Å². The maximum atomic E-state index is 8.86. The van der Waals surface area contributed by atoms with Crippen LogP contribution >= 0.6 is 0 Å². The van der Waals surface area contributed by atoms with Gasteiger partial charge in [0.05, 0.1) is 0 Å². The fourth-order valence-electron chi connectivity index (χ4n) is 2.44. The summed E-state index contributed by atoms with van der Waals surface area (Å²) >= 11 is 0. The Morgan fingerprint density at radius 3 is 3.06 bits per heavy atom. The zero-order valence-electron chi connectivity index (χ0n) is 9.95. The first-order valence-corrected chi connectivity index (χ1v) is 6.23. The van der Waals surface area contributed by atoms with Crippen LogP contribution in [0.4, 0.5) is 0 Å². The predicted molar refractivity (Wildman–Crippen MR) is 66.4 cm³/mol. The van der Waals surface area contributed by atoms with E-state index in [1.165, 1.54) is 24.0 Å². The third kappa shape index (κ3) is 2.63. The van der Waals surface area contributed by atoms with Crippen molar-refractivity contribution in [1.82, 2.24) is 5.32 Å². The van der Waals surface area contributed by atoms with E-state index in [4.69, 9.17) is 5.11 Å². The number of aliphatic hydroxyl groups is 1. The van der Waals surface area contributed by atoms with Crippen molar-refractivity contribution in [3.63, 3.8) is 0 Å². The van der Waals surface area contributed by atoms with Gasteiger partial charge >= 0.3 is 0 Å². The summed E-state index contributed by atoms with van der Waals surface area (Å²) in [5, 5.41) is 12.5. The Labute approximate surface area is 97.7 Å². The number of aliphatic hydroxyl groups excluding tert-OH is 1. The molecule has 0 fully saturated rings. The molecule has 1 aromatic carbocycles. The van der Waals surface area contributed by atoms with Crippen LogP contribution in [-0.4, -0.2) is 18.3 Å². The first-order chi connectivity index (χ1) is 7.81. The molecule has 0 saturated carbocycles. The summed E-state index contributed by atoms with van der Waals surface area (Å²) in [5.41, 5.74) is 2.97. The van der Waals surface area contributed by atoms with E-state index in [1.54, 1.807) is 0 Å². The highest BCUT2D eigenvalue weighted by Crippen LogP contribution is 2.30. The molecule has 1 aromatic rings. The van der Waals surface area contributed by atoms with Crippen LogP contribution in [0, 0.1) is 5.92 Å². The van der Waals surface area contributed by atoms with Gasteiger partial charge in [0.15, 0.2) is 0 Å². The molecule has 0 heterocycles. The van der Waals surface area contributed by atoms with Crippen molar-refractivity contribution in [2.24, 2.45) is 5.92 Å². The molecular weight excluding hydrogens is 198 g/mol. The molecule has 2 nitrogen and oxygen atoms in total. The summed E-state index contributed by atoms with van der Waals surface area (Å²) in [6.45, 7) is 3.48. The van der Waals surface area contributed by atoms with Crippen molar-refractivity contribution in [3.05, 3.63) is 35.4 Å². The van der Waals surface area contributed by atoms with E-state index < -0.39 is 0 Å². The highest BCUT2D eigenvalue weighted by atomic mass is 16.3. The number of fused-ring (bicyclic) bond motifs is 1. The van der Waals surface area contributed by atoms with E-state index in [0.29, 0.717) is 18.6 Å². The van der Waals surface area contributed by atoms with E-state index in [0.717, 1.165) is 13.0 Å². The number of hydrogen-bond acceptors (Lipinski definition) is 2. The highest BCUT2D eigenvalue weighted by Gasteiger charge is 2.21. The van der Waals surface area contributed by atoms with Gasteiger partial charge < -0.3 is 10.4 Å². The molecule has 0 amide bonds. The molecule has 1 aliphatic rings. The quantitative estimate of drug-likeness (QED) is 0.796. The standard InChI is InChI=1S/C14H21NO/c1-11(8-9-16)10-15-14-7-6-12-4-2-3-5-13(12)14/h2-5,11,14-16H,6-10H2,1H3. The average Bonchev–Trinajstić information content (AvgIpc) is 2.70. The van der Waals surface area contributed by atoms with Crippen molar-refractivity contribution in [3.8, 4) is 0 Å². The summed E-state index contributed by atoms with van der Waals surface area (Å²) in [4.78, 5) is 0. The van der Waals surface area contributed by atoms with Crippen molar-refractivity contribution in [2.75, 3.05) is 13.2 Å². The average molecular weight is 219 g/mol. The maximum Gasteiger partial charge on any atom is 0.0434 e. The fraction of sp³-hybridized carbons (Fsp3) is 0.571. The Balaban J connectivity index is 1.88. The van der Waals surface area contributed by atoms with Crippen molar-refractivity contribution >= 4 is 0 Å². The summed E-state index contributed by atoms with van der Waals surface area (Å²) in [6, 6.07) is 9.23. The normalized spacial score (nSPS) is 20.8. The smallest absolute Gasteiger partial charge is 0.0434 e. The van der Waals surface area contributed by atoms with Gasteiger partial charge in [-0.05, 0) is 42.9 Å². The second kappa shape index (κ2) is 5.46. The summed E-state index contributed by atoms with van der Waals surface area (Å²) in [7, 11) is 0. The first kappa shape index (κ1) is 11.6. The summed E-state index contributed by atoms with van der Waals surface area (Å²) < 4.78 is 0. The van der Waals surface area contributed by atoms with E-state index in [9.17, 15) is 0 Å². The molecule has 0 bridgehead atoms. The zero-order valence-corrected chi connectivity index (χ0v) is 9.95. The molecule has 0 spiro atoms. The molecular formula is C14H21NO. The van der Waals surface area contributed by atoms with Crippen molar-refractivity contribution in [2.45, 2.75) is 32.2 Å². The topological polar surface area (TPSA) is 32.3 Å². The molecule has 2 rings (SSSR count). The minimum Gasteiger partial charge on any atom is -0.396 e. The lowest BCUT2D eigenvalue weighted by Gasteiger charge is -2.17. The Bertz CT molecular complexity index is 337. The number of benzene rings is 1. The predicted octanol–water partition coefficient (Wildman–Crippen LogP) is 2.28. The molecule has 2 N–H and O–H groups in total. The van der Waals surface area contributed by atoms with Gasteiger partial charge in [-0.1, -0.05) is 31.2 Å². The Kier molecular flexibility index (Phi) is 3.97. The SMILES string of the molecule is CC(CCO)CNC1CCc2ccccc21. The largest absolute Gasteiger partial charge is 0.396 e. The molecule has 88 valence electrons. The van der Waals surface area contributed by atoms with Gasteiger partial charge in [-0.25, -0.2) is 0 Å². The second-order valence-electron chi connectivity index (χ2n) is 4.82. The van der Waals surface area contributed by atoms with Crippen LogP contribution in [-0.2, 0) is 6.42 Å². The van der Waals surface area contributed by atoms with E-state index in [2.05, 4.69) is 36.5 Å². The van der Waals surface area contributed by atoms with Gasteiger partial charge in [-0.2, -0.15) is 0 Å². The van der Waals surface area contributed by atoms with Crippen LogP contribution in [0.15, 0.2) is 24.3 Å². The zero-order chi connectivity index (χ0) is 11.4. The van der Waals surface area contributed by atoms with Crippen LogP contribution in [0.25, 0.3) is 0 Å². The lowest BCUT2D eigenvalue weighted by molar-refractivity contribution is 0.257. The number of rotatable bonds is 5. The van der Waals surface area contributed by atoms with Gasteiger partial charge in [-0.3, -0.25) is 0 Å². The molecule has 0 aliphatic heterocycles. The number of nitrogens with one attached hydrogen (secondary N) is 1. The van der Waals surface area contributed by atoms with Crippen molar-refractivity contribution < 1.29 is 5.11 Å². The van der Waals surface area contributed by atoms with Gasteiger partial charge in [-0.15, -0.1) is 0 Å². The molecule has 0 radical (unpaired) electrons. The van der Waals surface area contributed by atoms with Gasteiger partial charge in [0.2, 0.25) is 0 Å². The monoisotopic (exact) mass is 219 g/mol. The summed E-state index contributed by atoms with van der Waals surface area (Å²) in [6.07, 6.45) is 3.30. The summed E-state index contributed by atoms with van der Waals surface area (Å²) in [5.74, 6) is 0.553. The molecule has 2 unspecified atom stereocenters. The van der Waals surface area contributed by atoms with Crippen LogP contribution in [0.2, 0.25) is 0 Å². The minimum absolute atomic E-state index is 0.296. The molecule has 2 heteroatoms. The Hall–Kier alpha value is -0.860. The third-order valence-corrected chi connectivity index (χ3v) is 3.47. The van der Waals surface area contributed by atoms with E-state index in [-0.39, 0.29) is 0 Å².